The Balaban J connectivity index is 2.66. The molecule has 1 rings (SSSR count). The number of aryl methyl sites for hydroxylation is 1. The second-order valence-corrected chi connectivity index (χ2v) is 3.90. The molecule has 111 valence electrons. The van der Waals surface area contributed by atoms with Gasteiger partial charge in [0.25, 0.3) is 0 Å². The van der Waals surface area contributed by atoms with Gasteiger partial charge in [0.15, 0.2) is 0 Å². The van der Waals surface area contributed by atoms with Crippen molar-refractivity contribution in [2.45, 2.75) is 25.1 Å². The van der Waals surface area contributed by atoms with E-state index in [1.54, 1.807) is 6.07 Å². The number of benzene rings is 1. The van der Waals surface area contributed by atoms with Gasteiger partial charge in [0.05, 0.1) is 0 Å². The molecule has 0 aliphatic heterocycles. The number of carbonyl (C=O) groups excluding carboxylic acids is 1. The van der Waals surface area contributed by atoms with Gasteiger partial charge in [-0.1, -0.05) is 12.1 Å². The Morgan fingerprint density at radius 3 is 2.50 bits per heavy atom. The molecule has 0 unspecified atom stereocenters. The fourth-order valence-electron chi connectivity index (χ4n) is 1.40. The monoisotopic (exact) mass is 296 g/mol. The molecule has 1 radical (unpaired) electrons. The first kappa shape index (κ1) is 16.2. The van der Waals surface area contributed by atoms with Crippen molar-refractivity contribution in [3.8, 4) is 5.75 Å². The maximum absolute atomic E-state index is 12.7. The SMILES string of the molecule is O=[C]NCCCc1cccc(OC(F)(F)C(F)(F)F)c1. The first-order valence-electron chi connectivity index (χ1n) is 5.59. The average molecular weight is 296 g/mol. The van der Waals surface area contributed by atoms with Crippen molar-refractivity contribution >= 4 is 6.41 Å². The predicted octanol–water partition coefficient (Wildman–Crippen LogP) is 2.81. The van der Waals surface area contributed by atoms with Gasteiger partial charge in [-0.3, -0.25) is 4.79 Å². The highest BCUT2D eigenvalue weighted by Crippen LogP contribution is 2.37. The highest BCUT2D eigenvalue weighted by molar-refractivity contribution is 5.46. The van der Waals surface area contributed by atoms with Crippen molar-refractivity contribution in [3.63, 3.8) is 0 Å². The van der Waals surface area contributed by atoms with Crippen LogP contribution in [0, 0.1) is 0 Å². The maximum Gasteiger partial charge on any atom is 0.499 e. The van der Waals surface area contributed by atoms with Crippen LogP contribution in [0.15, 0.2) is 24.3 Å². The van der Waals surface area contributed by atoms with Gasteiger partial charge in [0, 0.05) is 6.54 Å². The lowest BCUT2D eigenvalue weighted by Crippen LogP contribution is -2.41. The zero-order valence-corrected chi connectivity index (χ0v) is 10.1. The largest absolute Gasteiger partial charge is 0.499 e. The van der Waals surface area contributed by atoms with Gasteiger partial charge in [-0.15, -0.1) is 0 Å². The lowest BCUT2D eigenvalue weighted by Gasteiger charge is -2.20. The van der Waals surface area contributed by atoms with Crippen LogP contribution in [-0.4, -0.2) is 25.2 Å². The fourth-order valence-corrected chi connectivity index (χ4v) is 1.40. The number of hydrogen-bond donors (Lipinski definition) is 1. The van der Waals surface area contributed by atoms with Crippen LogP contribution in [0.5, 0.6) is 5.75 Å². The Hall–Kier alpha value is -1.86. The zero-order valence-electron chi connectivity index (χ0n) is 10.1. The lowest BCUT2D eigenvalue weighted by molar-refractivity contribution is -0.360. The van der Waals surface area contributed by atoms with Gasteiger partial charge in [-0.2, -0.15) is 22.0 Å². The third kappa shape index (κ3) is 4.67. The summed E-state index contributed by atoms with van der Waals surface area (Å²) in [6.45, 7) is 0.327. The second-order valence-electron chi connectivity index (χ2n) is 3.90. The molecule has 1 amide bonds. The fraction of sp³-hybridized carbons (Fsp3) is 0.417. The summed E-state index contributed by atoms with van der Waals surface area (Å²) in [6, 6.07) is 4.99. The average Bonchev–Trinajstić information content (AvgIpc) is 2.33. The topological polar surface area (TPSA) is 38.3 Å². The van der Waals surface area contributed by atoms with Gasteiger partial charge in [-0.05, 0) is 30.5 Å². The molecule has 0 saturated heterocycles. The standard InChI is InChI=1S/C12H11F5NO2/c13-11(14,15)12(16,17)20-10-5-1-3-9(7-10)4-2-6-18-8-19/h1,3,5,7H,2,4,6H2,(H,18,19). The van der Waals surface area contributed by atoms with Crippen LogP contribution in [0.25, 0.3) is 0 Å². The molecular formula is C12H11F5NO2. The molecule has 1 aromatic rings. The highest BCUT2D eigenvalue weighted by atomic mass is 19.4. The molecule has 0 aromatic heterocycles. The van der Waals surface area contributed by atoms with Crippen molar-refractivity contribution in [2.24, 2.45) is 0 Å². The van der Waals surface area contributed by atoms with E-state index >= 15 is 0 Å². The minimum absolute atomic E-state index is 0.327. The summed E-state index contributed by atoms with van der Waals surface area (Å²) in [4.78, 5) is 9.88. The van der Waals surface area contributed by atoms with Crippen molar-refractivity contribution in [2.75, 3.05) is 6.54 Å². The zero-order chi connectivity index (χ0) is 15.2. The van der Waals surface area contributed by atoms with Crippen LogP contribution in [0.3, 0.4) is 0 Å². The molecule has 0 heterocycles. The van der Waals surface area contributed by atoms with Crippen LogP contribution in [0.1, 0.15) is 12.0 Å². The lowest BCUT2D eigenvalue weighted by atomic mass is 10.1. The Bertz CT molecular complexity index is 448. The minimum Gasteiger partial charge on any atom is -0.426 e. The van der Waals surface area contributed by atoms with Crippen molar-refractivity contribution in [3.05, 3.63) is 29.8 Å². The molecule has 1 N–H and O–H groups in total. The second kappa shape index (κ2) is 6.53. The van der Waals surface area contributed by atoms with Gasteiger partial charge in [0.2, 0.25) is 0 Å². The van der Waals surface area contributed by atoms with Crippen LogP contribution in [0.4, 0.5) is 22.0 Å². The summed E-state index contributed by atoms with van der Waals surface area (Å²) in [5.74, 6) is -0.570. The van der Waals surface area contributed by atoms with E-state index in [4.69, 9.17) is 0 Å². The van der Waals surface area contributed by atoms with E-state index in [2.05, 4.69) is 10.1 Å². The quantitative estimate of drug-likeness (QED) is 0.477. The maximum atomic E-state index is 12.7. The summed E-state index contributed by atoms with van der Waals surface area (Å²) < 4.78 is 65.1. The van der Waals surface area contributed by atoms with E-state index in [-0.39, 0.29) is 0 Å². The van der Waals surface area contributed by atoms with Crippen LogP contribution in [0.2, 0.25) is 0 Å². The molecule has 0 bridgehead atoms. The van der Waals surface area contributed by atoms with Gasteiger partial charge in [0.1, 0.15) is 5.75 Å². The summed E-state index contributed by atoms with van der Waals surface area (Å²) in [5.41, 5.74) is 0.521. The molecule has 0 aliphatic carbocycles. The molecule has 0 saturated carbocycles. The number of hydrogen-bond acceptors (Lipinski definition) is 2. The third-order valence-corrected chi connectivity index (χ3v) is 2.31. The molecule has 0 spiro atoms. The predicted molar refractivity (Wildman–Crippen MR) is 60.1 cm³/mol. The van der Waals surface area contributed by atoms with Gasteiger partial charge >= 0.3 is 18.7 Å². The Morgan fingerprint density at radius 1 is 1.20 bits per heavy atom. The summed E-state index contributed by atoms with van der Waals surface area (Å²) in [7, 11) is 0. The number of halogens is 5. The molecule has 20 heavy (non-hydrogen) atoms. The van der Waals surface area contributed by atoms with Crippen LogP contribution >= 0.6 is 0 Å². The summed E-state index contributed by atoms with van der Waals surface area (Å²) >= 11 is 0. The van der Waals surface area contributed by atoms with Gasteiger partial charge < -0.3 is 10.1 Å². The van der Waals surface area contributed by atoms with Crippen molar-refractivity contribution in [1.29, 1.82) is 0 Å². The molecule has 0 aliphatic rings. The van der Waals surface area contributed by atoms with Crippen molar-refractivity contribution < 1.29 is 31.5 Å². The Labute approximate surface area is 111 Å². The summed E-state index contributed by atoms with van der Waals surface area (Å²) in [5, 5.41) is 2.29. The minimum atomic E-state index is -5.77. The molecule has 0 atom stereocenters. The first-order chi connectivity index (χ1) is 9.26. The highest BCUT2D eigenvalue weighted by Gasteiger charge is 2.61. The smallest absolute Gasteiger partial charge is 0.426 e. The first-order valence-corrected chi connectivity index (χ1v) is 5.59. The number of alkyl halides is 5. The van der Waals surface area contributed by atoms with Crippen molar-refractivity contribution in [1.82, 2.24) is 5.32 Å². The van der Waals surface area contributed by atoms with E-state index in [0.717, 1.165) is 12.1 Å². The molecule has 3 nitrogen and oxygen atoms in total. The van der Waals surface area contributed by atoms with E-state index in [9.17, 15) is 26.7 Å². The summed E-state index contributed by atoms with van der Waals surface area (Å²) in [6.07, 6.45) is -8.66. The molecule has 1 aromatic carbocycles. The van der Waals surface area contributed by atoms with E-state index in [1.165, 1.54) is 12.5 Å². The molecule has 0 fully saturated rings. The molecule has 8 heteroatoms. The number of ether oxygens (including phenoxy) is 1. The Kier molecular flexibility index (Phi) is 5.29. The number of rotatable bonds is 7. The normalized spacial score (nSPS) is 12.1. The Morgan fingerprint density at radius 2 is 1.90 bits per heavy atom. The number of amides is 1. The van der Waals surface area contributed by atoms with E-state index in [1.807, 2.05) is 0 Å². The third-order valence-electron chi connectivity index (χ3n) is 2.31. The van der Waals surface area contributed by atoms with E-state index < -0.39 is 18.0 Å². The van der Waals surface area contributed by atoms with E-state index in [0.29, 0.717) is 24.9 Å². The molecular weight excluding hydrogens is 285 g/mol. The van der Waals surface area contributed by atoms with Crippen LogP contribution in [-0.2, 0) is 11.2 Å². The van der Waals surface area contributed by atoms with Crippen LogP contribution < -0.4 is 10.1 Å². The van der Waals surface area contributed by atoms with Gasteiger partial charge in [-0.25, -0.2) is 0 Å². The number of nitrogens with one attached hydrogen (secondary N) is 1.